The molecule has 1 aromatic rings. The van der Waals surface area contributed by atoms with Crippen molar-refractivity contribution >= 4 is 12.2 Å². The lowest BCUT2D eigenvalue weighted by Gasteiger charge is -2.03. The molecule has 0 aromatic carbocycles. The van der Waals surface area contributed by atoms with Crippen LogP contribution in [0, 0.1) is 4.64 Å². The van der Waals surface area contributed by atoms with Crippen molar-refractivity contribution in [1.82, 2.24) is 10.2 Å². The van der Waals surface area contributed by atoms with E-state index < -0.39 is 0 Å². The van der Waals surface area contributed by atoms with Gasteiger partial charge in [-0.2, -0.15) is 0 Å². The molecule has 0 amide bonds. The molecule has 0 spiro atoms. The number of aromatic nitrogens is 2. The van der Waals surface area contributed by atoms with Crippen LogP contribution in [-0.4, -0.2) is 16.8 Å². The number of ether oxygens (including phenoxy) is 1. The number of H-pyrrole nitrogens is 1. The van der Waals surface area contributed by atoms with Gasteiger partial charge in [-0.05, 0) is 12.5 Å². The van der Waals surface area contributed by atoms with E-state index in [1.807, 2.05) is 0 Å². The third-order valence-corrected chi connectivity index (χ3v) is 2.38. The molecule has 4 heteroatoms. The first-order valence-electron chi connectivity index (χ1n) is 5.51. The van der Waals surface area contributed by atoms with E-state index in [1.54, 1.807) is 12.1 Å². The zero-order chi connectivity index (χ0) is 10.9. The zero-order valence-electron chi connectivity index (χ0n) is 9.16. The third kappa shape index (κ3) is 5.52. The Balaban J connectivity index is 2.10. The van der Waals surface area contributed by atoms with Crippen LogP contribution in [0.25, 0.3) is 0 Å². The second-order valence-corrected chi connectivity index (χ2v) is 3.96. The Kier molecular flexibility index (Phi) is 6.00. The molecule has 1 heterocycles. The summed E-state index contributed by atoms with van der Waals surface area (Å²) in [5.74, 6) is 0.624. The van der Waals surface area contributed by atoms with Gasteiger partial charge < -0.3 is 4.74 Å². The second-order valence-electron chi connectivity index (χ2n) is 3.52. The fourth-order valence-corrected chi connectivity index (χ4v) is 1.41. The zero-order valence-corrected chi connectivity index (χ0v) is 9.98. The summed E-state index contributed by atoms with van der Waals surface area (Å²) >= 11 is 4.88. The van der Waals surface area contributed by atoms with Crippen molar-refractivity contribution in [2.24, 2.45) is 0 Å². The molecule has 1 aromatic heterocycles. The summed E-state index contributed by atoms with van der Waals surface area (Å²) in [6.07, 6.45) is 6.22. The van der Waals surface area contributed by atoms with Gasteiger partial charge in [0.25, 0.3) is 0 Å². The molecule has 0 bridgehead atoms. The Hall–Kier alpha value is -0.900. The maximum atomic E-state index is 5.45. The minimum absolute atomic E-state index is 0.624. The van der Waals surface area contributed by atoms with Crippen molar-refractivity contribution in [2.45, 2.75) is 39.0 Å². The molecule has 15 heavy (non-hydrogen) atoms. The molecule has 0 saturated carbocycles. The number of nitrogens with one attached hydrogen (secondary N) is 1. The van der Waals surface area contributed by atoms with Crippen LogP contribution >= 0.6 is 12.2 Å². The van der Waals surface area contributed by atoms with Crippen LogP contribution in [-0.2, 0) is 0 Å². The second kappa shape index (κ2) is 7.40. The quantitative estimate of drug-likeness (QED) is 0.571. The molecular formula is C11H18N2OS. The standard InChI is InChI=1S/C11H18N2OS/c1-2-3-4-5-6-9-14-10-7-8-11(15)13-12-10/h7-8H,2-6,9H2,1H3,(H,13,15). The van der Waals surface area contributed by atoms with Crippen LogP contribution in [0.15, 0.2) is 12.1 Å². The van der Waals surface area contributed by atoms with Gasteiger partial charge in [-0.25, -0.2) is 0 Å². The van der Waals surface area contributed by atoms with E-state index in [0.29, 0.717) is 10.5 Å². The molecular weight excluding hydrogens is 208 g/mol. The van der Waals surface area contributed by atoms with Gasteiger partial charge >= 0.3 is 0 Å². The van der Waals surface area contributed by atoms with E-state index in [1.165, 1.54) is 25.7 Å². The molecule has 0 aliphatic heterocycles. The van der Waals surface area contributed by atoms with E-state index in [-0.39, 0.29) is 0 Å². The fourth-order valence-electron chi connectivity index (χ4n) is 1.29. The molecule has 1 rings (SSSR count). The number of hydrogen-bond donors (Lipinski definition) is 1. The average molecular weight is 226 g/mol. The van der Waals surface area contributed by atoms with Gasteiger partial charge in [-0.3, -0.25) is 5.10 Å². The number of rotatable bonds is 7. The van der Waals surface area contributed by atoms with Gasteiger partial charge in [0.15, 0.2) is 0 Å². The van der Waals surface area contributed by atoms with Gasteiger partial charge in [0.2, 0.25) is 5.88 Å². The highest BCUT2D eigenvalue weighted by Crippen LogP contribution is 2.06. The third-order valence-electron chi connectivity index (χ3n) is 2.15. The van der Waals surface area contributed by atoms with Crippen LogP contribution in [0.4, 0.5) is 0 Å². The van der Waals surface area contributed by atoms with Gasteiger partial charge in [0, 0.05) is 6.07 Å². The molecule has 0 aliphatic rings. The molecule has 0 radical (unpaired) electrons. The summed E-state index contributed by atoms with van der Waals surface area (Å²) in [6.45, 7) is 2.95. The summed E-state index contributed by atoms with van der Waals surface area (Å²) < 4.78 is 6.08. The van der Waals surface area contributed by atoms with Crippen molar-refractivity contribution < 1.29 is 4.74 Å². The number of hydrogen-bond acceptors (Lipinski definition) is 3. The smallest absolute Gasteiger partial charge is 0.231 e. The Morgan fingerprint density at radius 3 is 2.73 bits per heavy atom. The van der Waals surface area contributed by atoms with Gasteiger partial charge in [0.05, 0.1) is 6.61 Å². The maximum absolute atomic E-state index is 5.45. The number of aromatic amines is 1. The van der Waals surface area contributed by atoms with E-state index in [0.717, 1.165) is 13.0 Å². The lowest BCUT2D eigenvalue weighted by atomic mass is 10.2. The van der Waals surface area contributed by atoms with Crippen molar-refractivity contribution in [3.05, 3.63) is 16.8 Å². The minimum atomic E-state index is 0.624. The Morgan fingerprint density at radius 2 is 2.07 bits per heavy atom. The summed E-state index contributed by atoms with van der Waals surface area (Å²) in [4.78, 5) is 0. The monoisotopic (exact) mass is 226 g/mol. The predicted molar refractivity (Wildman–Crippen MR) is 63.7 cm³/mol. The topological polar surface area (TPSA) is 37.9 Å². The molecule has 0 atom stereocenters. The summed E-state index contributed by atoms with van der Waals surface area (Å²) in [7, 11) is 0. The Labute approximate surface area is 95.9 Å². The van der Waals surface area contributed by atoms with Gasteiger partial charge in [0.1, 0.15) is 4.64 Å². The van der Waals surface area contributed by atoms with E-state index in [9.17, 15) is 0 Å². The number of nitrogens with zero attached hydrogens (tertiary/aromatic N) is 1. The molecule has 3 nitrogen and oxygen atoms in total. The first-order valence-corrected chi connectivity index (χ1v) is 5.92. The SMILES string of the molecule is CCCCCCCOc1ccc(=S)[nH]n1. The van der Waals surface area contributed by atoms with Crippen molar-refractivity contribution in [1.29, 1.82) is 0 Å². The van der Waals surface area contributed by atoms with Crippen LogP contribution in [0.1, 0.15) is 39.0 Å². The van der Waals surface area contributed by atoms with Crippen LogP contribution in [0.2, 0.25) is 0 Å². The Morgan fingerprint density at radius 1 is 1.27 bits per heavy atom. The summed E-state index contributed by atoms with van der Waals surface area (Å²) in [6, 6.07) is 3.58. The van der Waals surface area contributed by atoms with E-state index in [4.69, 9.17) is 17.0 Å². The van der Waals surface area contributed by atoms with Crippen molar-refractivity contribution in [3.8, 4) is 5.88 Å². The fraction of sp³-hybridized carbons (Fsp3) is 0.636. The maximum Gasteiger partial charge on any atom is 0.231 e. The molecule has 0 fully saturated rings. The van der Waals surface area contributed by atoms with Crippen molar-refractivity contribution in [2.75, 3.05) is 6.61 Å². The molecule has 0 aliphatic carbocycles. The highest BCUT2D eigenvalue weighted by atomic mass is 32.1. The lowest BCUT2D eigenvalue weighted by molar-refractivity contribution is 0.290. The lowest BCUT2D eigenvalue weighted by Crippen LogP contribution is -1.99. The Bertz CT molecular complexity index is 304. The molecule has 0 saturated heterocycles. The van der Waals surface area contributed by atoms with Crippen LogP contribution in [0.3, 0.4) is 0 Å². The summed E-state index contributed by atoms with van der Waals surface area (Å²) in [5, 5.41) is 6.66. The molecule has 84 valence electrons. The van der Waals surface area contributed by atoms with Crippen LogP contribution in [0.5, 0.6) is 5.88 Å². The normalized spacial score (nSPS) is 10.2. The van der Waals surface area contributed by atoms with Gasteiger partial charge in [-0.15, -0.1) is 5.10 Å². The van der Waals surface area contributed by atoms with Gasteiger partial charge in [-0.1, -0.05) is 44.8 Å². The van der Waals surface area contributed by atoms with Crippen molar-refractivity contribution in [3.63, 3.8) is 0 Å². The first-order chi connectivity index (χ1) is 7.33. The first kappa shape index (κ1) is 12.2. The predicted octanol–water partition coefficient (Wildman–Crippen LogP) is 3.49. The van der Waals surface area contributed by atoms with E-state index in [2.05, 4.69) is 17.1 Å². The highest BCUT2D eigenvalue weighted by Gasteiger charge is 1.94. The summed E-state index contributed by atoms with van der Waals surface area (Å²) in [5.41, 5.74) is 0. The number of unbranched alkanes of at least 4 members (excludes halogenated alkanes) is 4. The highest BCUT2D eigenvalue weighted by molar-refractivity contribution is 7.71. The van der Waals surface area contributed by atoms with Crippen LogP contribution < -0.4 is 4.74 Å². The van der Waals surface area contributed by atoms with E-state index >= 15 is 0 Å². The largest absolute Gasteiger partial charge is 0.477 e. The molecule has 0 unspecified atom stereocenters. The molecule has 1 N–H and O–H groups in total. The minimum Gasteiger partial charge on any atom is -0.477 e. The average Bonchev–Trinajstić information content (AvgIpc) is 2.26.